The Hall–Kier alpha value is -0.0800. The second-order valence-corrected chi connectivity index (χ2v) is 5.72. The van der Waals surface area contributed by atoms with Crippen molar-refractivity contribution in [2.45, 2.75) is 45.6 Å². The molecule has 2 heteroatoms. The van der Waals surface area contributed by atoms with Crippen molar-refractivity contribution in [3.8, 4) is 0 Å². The van der Waals surface area contributed by atoms with Crippen molar-refractivity contribution < 1.29 is 0 Å². The van der Waals surface area contributed by atoms with E-state index in [1.54, 1.807) is 0 Å². The van der Waals surface area contributed by atoms with Crippen LogP contribution in [0.2, 0.25) is 0 Å². The van der Waals surface area contributed by atoms with Gasteiger partial charge in [0.1, 0.15) is 0 Å². The number of hydrogen-bond donors (Lipinski definition) is 1. The van der Waals surface area contributed by atoms with Crippen LogP contribution in [-0.2, 0) is 0 Å². The average molecular weight is 210 g/mol. The third kappa shape index (κ3) is 2.36. The normalized spacial score (nSPS) is 43.4. The minimum atomic E-state index is 0.773. The topological polar surface area (TPSA) is 29.3 Å². The van der Waals surface area contributed by atoms with E-state index in [9.17, 15) is 0 Å². The summed E-state index contributed by atoms with van der Waals surface area (Å²) < 4.78 is 0. The number of rotatable bonds is 2. The van der Waals surface area contributed by atoms with E-state index < -0.39 is 0 Å². The maximum absolute atomic E-state index is 5.76. The number of nitrogens with zero attached hydrogens (tertiary/aromatic N) is 1. The molecule has 4 atom stereocenters. The highest BCUT2D eigenvalue weighted by Gasteiger charge is 2.34. The minimum Gasteiger partial charge on any atom is -0.330 e. The maximum Gasteiger partial charge on any atom is 0.0123 e. The molecule has 1 saturated heterocycles. The van der Waals surface area contributed by atoms with Crippen LogP contribution in [0.15, 0.2) is 0 Å². The van der Waals surface area contributed by atoms with Crippen LogP contribution in [0.5, 0.6) is 0 Å². The van der Waals surface area contributed by atoms with Gasteiger partial charge in [-0.05, 0) is 43.7 Å². The first-order valence-electron chi connectivity index (χ1n) is 6.66. The fraction of sp³-hybridized carbons (Fsp3) is 1.00. The molecule has 1 heterocycles. The molecule has 1 aliphatic carbocycles. The highest BCUT2D eigenvalue weighted by Crippen LogP contribution is 2.34. The molecule has 2 rings (SSSR count). The summed E-state index contributed by atoms with van der Waals surface area (Å²) in [6.45, 7) is 8.31. The minimum absolute atomic E-state index is 0.773. The van der Waals surface area contributed by atoms with Gasteiger partial charge >= 0.3 is 0 Å². The highest BCUT2D eigenvalue weighted by molar-refractivity contribution is 4.88. The van der Waals surface area contributed by atoms with Crippen molar-refractivity contribution in [2.75, 3.05) is 19.6 Å². The number of nitrogens with two attached hydrogens (primary N) is 1. The molecule has 0 aromatic rings. The third-order valence-electron chi connectivity index (χ3n) is 4.78. The summed E-state index contributed by atoms with van der Waals surface area (Å²) in [4.78, 5) is 2.72. The molecule has 0 bridgehead atoms. The van der Waals surface area contributed by atoms with Crippen molar-refractivity contribution in [1.29, 1.82) is 0 Å². The van der Waals surface area contributed by atoms with Crippen LogP contribution in [-0.4, -0.2) is 30.6 Å². The molecule has 0 aromatic carbocycles. The number of likely N-dealkylation sites (tertiary alicyclic amines) is 1. The van der Waals surface area contributed by atoms with E-state index in [1.807, 2.05) is 0 Å². The van der Waals surface area contributed by atoms with Crippen LogP contribution in [0, 0.1) is 17.8 Å². The maximum atomic E-state index is 5.76. The Labute approximate surface area is 94.2 Å². The van der Waals surface area contributed by atoms with Crippen LogP contribution in [0.3, 0.4) is 0 Å². The SMILES string of the molecule is CC1CCCC(N2CCC(CN)C2)C1C. The van der Waals surface area contributed by atoms with Gasteiger partial charge in [-0.3, -0.25) is 4.90 Å². The Morgan fingerprint density at radius 2 is 2.00 bits per heavy atom. The lowest BCUT2D eigenvalue weighted by Gasteiger charge is -2.40. The van der Waals surface area contributed by atoms with Gasteiger partial charge in [-0.2, -0.15) is 0 Å². The first-order valence-corrected chi connectivity index (χ1v) is 6.66. The zero-order valence-electron chi connectivity index (χ0n) is 10.3. The standard InChI is InChI=1S/C13H26N2/c1-10-4-3-5-13(11(10)2)15-7-6-12(8-14)9-15/h10-13H,3-9,14H2,1-2H3. The molecule has 0 aromatic heterocycles. The summed E-state index contributed by atoms with van der Waals surface area (Å²) in [5.74, 6) is 2.57. The predicted octanol–water partition coefficient (Wildman–Crippen LogP) is 2.09. The van der Waals surface area contributed by atoms with Gasteiger partial charge in [0.2, 0.25) is 0 Å². The number of hydrogen-bond acceptors (Lipinski definition) is 2. The van der Waals surface area contributed by atoms with E-state index in [1.165, 1.54) is 38.8 Å². The molecule has 2 fully saturated rings. The summed E-state index contributed by atoms with van der Waals surface area (Å²) in [6.07, 6.45) is 5.61. The Kier molecular flexibility index (Phi) is 3.68. The lowest BCUT2D eigenvalue weighted by Crippen LogP contribution is -2.43. The molecule has 1 aliphatic heterocycles. The van der Waals surface area contributed by atoms with Crippen molar-refractivity contribution in [2.24, 2.45) is 23.5 Å². The van der Waals surface area contributed by atoms with E-state index in [0.717, 1.165) is 30.3 Å². The fourth-order valence-electron chi connectivity index (χ4n) is 3.43. The molecule has 0 radical (unpaired) electrons. The molecule has 2 aliphatic rings. The van der Waals surface area contributed by atoms with E-state index in [4.69, 9.17) is 5.73 Å². The molecule has 0 spiro atoms. The van der Waals surface area contributed by atoms with Gasteiger partial charge in [0.15, 0.2) is 0 Å². The molecule has 15 heavy (non-hydrogen) atoms. The lowest BCUT2D eigenvalue weighted by molar-refractivity contribution is 0.0985. The Morgan fingerprint density at radius 1 is 1.20 bits per heavy atom. The summed E-state index contributed by atoms with van der Waals surface area (Å²) in [6, 6.07) is 0.852. The highest BCUT2D eigenvalue weighted by atomic mass is 15.2. The third-order valence-corrected chi connectivity index (χ3v) is 4.78. The van der Waals surface area contributed by atoms with Crippen LogP contribution in [0.25, 0.3) is 0 Å². The van der Waals surface area contributed by atoms with Crippen molar-refractivity contribution in [1.82, 2.24) is 4.90 Å². The van der Waals surface area contributed by atoms with Gasteiger partial charge < -0.3 is 5.73 Å². The molecular weight excluding hydrogens is 184 g/mol. The van der Waals surface area contributed by atoms with Crippen molar-refractivity contribution >= 4 is 0 Å². The van der Waals surface area contributed by atoms with E-state index >= 15 is 0 Å². The van der Waals surface area contributed by atoms with Crippen LogP contribution < -0.4 is 5.73 Å². The Morgan fingerprint density at radius 3 is 2.67 bits per heavy atom. The average Bonchev–Trinajstić information content (AvgIpc) is 2.70. The summed E-state index contributed by atoms with van der Waals surface area (Å²) >= 11 is 0. The van der Waals surface area contributed by atoms with E-state index in [-0.39, 0.29) is 0 Å². The lowest BCUT2D eigenvalue weighted by atomic mass is 9.77. The molecule has 4 unspecified atom stereocenters. The first kappa shape index (κ1) is 11.4. The first-order chi connectivity index (χ1) is 7.22. The molecule has 0 amide bonds. The zero-order valence-corrected chi connectivity index (χ0v) is 10.3. The van der Waals surface area contributed by atoms with Crippen molar-refractivity contribution in [3.05, 3.63) is 0 Å². The molecule has 2 nitrogen and oxygen atoms in total. The van der Waals surface area contributed by atoms with Crippen LogP contribution in [0.1, 0.15) is 39.5 Å². The predicted molar refractivity (Wildman–Crippen MR) is 64.7 cm³/mol. The van der Waals surface area contributed by atoms with Gasteiger partial charge in [-0.15, -0.1) is 0 Å². The molecule has 1 saturated carbocycles. The van der Waals surface area contributed by atoms with Gasteiger partial charge in [0.25, 0.3) is 0 Å². The Balaban J connectivity index is 1.92. The Bertz CT molecular complexity index is 205. The largest absolute Gasteiger partial charge is 0.330 e. The van der Waals surface area contributed by atoms with Gasteiger partial charge in [-0.1, -0.05) is 26.7 Å². The fourth-order valence-corrected chi connectivity index (χ4v) is 3.43. The second kappa shape index (κ2) is 4.84. The molecular formula is C13H26N2. The quantitative estimate of drug-likeness (QED) is 0.756. The van der Waals surface area contributed by atoms with Crippen molar-refractivity contribution in [3.63, 3.8) is 0 Å². The summed E-state index contributed by atoms with van der Waals surface area (Å²) in [5, 5.41) is 0. The van der Waals surface area contributed by atoms with Gasteiger partial charge in [0.05, 0.1) is 0 Å². The summed E-state index contributed by atoms with van der Waals surface area (Å²) in [5.41, 5.74) is 5.76. The second-order valence-electron chi connectivity index (χ2n) is 5.72. The molecule has 2 N–H and O–H groups in total. The van der Waals surface area contributed by atoms with Crippen LogP contribution in [0.4, 0.5) is 0 Å². The smallest absolute Gasteiger partial charge is 0.0123 e. The van der Waals surface area contributed by atoms with E-state index in [0.29, 0.717) is 0 Å². The van der Waals surface area contributed by atoms with Gasteiger partial charge in [-0.25, -0.2) is 0 Å². The molecule has 88 valence electrons. The monoisotopic (exact) mass is 210 g/mol. The van der Waals surface area contributed by atoms with Gasteiger partial charge in [0, 0.05) is 12.6 Å². The van der Waals surface area contributed by atoms with Crippen LogP contribution >= 0.6 is 0 Å². The zero-order chi connectivity index (χ0) is 10.8. The summed E-state index contributed by atoms with van der Waals surface area (Å²) in [7, 11) is 0. The van der Waals surface area contributed by atoms with E-state index in [2.05, 4.69) is 18.7 Å².